The zero-order valence-electron chi connectivity index (χ0n) is 17.2. The Balaban J connectivity index is 1.37. The standard InChI is InChI=1S/C22H23N3O4S3/c26-31(27)14-6-10-18(17-9-4-5-11-19(17)31)23-21-24-20(15-30-21)32(28,29)25-22(12-13-22)16-7-2-1-3-8-16/h1-5,7-9,11,15,18,25H,6,10,12-14H2,(H,23,24). The van der Waals surface area contributed by atoms with Gasteiger partial charge < -0.3 is 5.32 Å². The van der Waals surface area contributed by atoms with Gasteiger partial charge >= 0.3 is 0 Å². The molecule has 0 radical (unpaired) electrons. The molecule has 1 unspecified atom stereocenters. The van der Waals surface area contributed by atoms with Gasteiger partial charge in [-0.15, -0.1) is 11.3 Å². The Morgan fingerprint density at radius 3 is 2.50 bits per heavy atom. The fourth-order valence-electron chi connectivity index (χ4n) is 4.18. The second-order valence-electron chi connectivity index (χ2n) is 8.24. The van der Waals surface area contributed by atoms with Gasteiger partial charge in [-0.2, -0.15) is 4.72 Å². The molecule has 0 bridgehead atoms. The second kappa shape index (κ2) is 7.95. The molecule has 3 aromatic rings. The summed E-state index contributed by atoms with van der Waals surface area (Å²) in [6.07, 6.45) is 2.64. The minimum absolute atomic E-state index is 0.0262. The first-order chi connectivity index (χ1) is 15.3. The van der Waals surface area contributed by atoms with E-state index in [2.05, 4.69) is 15.0 Å². The molecule has 2 aromatic carbocycles. The molecule has 32 heavy (non-hydrogen) atoms. The number of benzene rings is 2. The van der Waals surface area contributed by atoms with Gasteiger partial charge in [-0.1, -0.05) is 48.5 Å². The number of aromatic nitrogens is 1. The third-order valence-corrected chi connectivity index (χ3v) is 10.2. The van der Waals surface area contributed by atoms with Crippen LogP contribution in [0.1, 0.15) is 42.9 Å². The lowest BCUT2D eigenvalue weighted by molar-refractivity contribution is 0.549. The summed E-state index contributed by atoms with van der Waals surface area (Å²) in [7, 11) is -7.12. The van der Waals surface area contributed by atoms with Crippen molar-refractivity contribution in [2.75, 3.05) is 11.1 Å². The Bertz CT molecular complexity index is 1350. The van der Waals surface area contributed by atoms with E-state index in [1.165, 1.54) is 16.7 Å². The Morgan fingerprint density at radius 1 is 1.03 bits per heavy atom. The molecule has 1 saturated carbocycles. The molecule has 1 aliphatic heterocycles. The fourth-order valence-corrected chi connectivity index (χ4v) is 8.29. The van der Waals surface area contributed by atoms with E-state index in [1.54, 1.807) is 18.2 Å². The highest BCUT2D eigenvalue weighted by Crippen LogP contribution is 2.46. The largest absolute Gasteiger partial charge is 0.355 e. The fraction of sp³-hybridized carbons (Fsp3) is 0.318. The van der Waals surface area contributed by atoms with E-state index in [4.69, 9.17) is 0 Å². The normalized spacial score (nSPS) is 21.3. The van der Waals surface area contributed by atoms with Gasteiger partial charge in [-0.05, 0) is 42.9 Å². The zero-order chi connectivity index (χ0) is 22.4. The van der Waals surface area contributed by atoms with Crippen molar-refractivity contribution in [3.63, 3.8) is 0 Å². The molecule has 0 spiro atoms. The van der Waals surface area contributed by atoms with Crippen LogP contribution in [0.5, 0.6) is 0 Å². The molecule has 2 aliphatic rings. The van der Waals surface area contributed by atoms with Crippen LogP contribution in [-0.2, 0) is 25.4 Å². The van der Waals surface area contributed by atoms with Gasteiger partial charge in [-0.25, -0.2) is 21.8 Å². The van der Waals surface area contributed by atoms with Crippen molar-refractivity contribution in [3.05, 3.63) is 71.1 Å². The predicted octanol–water partition coefficient (Wildman–Crippen LogP) is 3.83. The second-order valence-corrected chi connectivity index (χ2v) is 12.8. The van der Waals surface area contributed by atoms with Crippen LogP contribution in [0.15, 0.2) is 69.9 Å². The van der Waals surface area contributed by atoms with Gasteiger partial charge in [0.1, 0.15) is 0 Å². The van der Waals surface area contributed by atoms with Crippen molar-refractivity contribution in [2.24, 2.45) is 0 Å². The summed E-state index contributed by atoms with van der Waals surface area (Å²) >= 11 is 1.20. The summed E-state index contributed by atoms with van der Waals surface area (Å²) in [5.74, 6) is 0.102. The van der Waals surface area contributed by atoms with Gasteiger partial charge in [0, 0.05) is 5.38 Å². The first kappa shape index (κ1) is 21.6. The van der Waals surface area contributed by atoms with Crippen LogP contribution in [0, 0.1) is 0 Å². The van der Waals surface area contributed by atoms with Gasteiger partial charge in [0.2, 0.25) is 0 Å². The number of nitrogens with zero attached hydrogens (tertiary/aromatic N) is 1. The van der Waals surface area contributed by atoms with Crippen LogP contribution in [0.3, 0.4) is 0 Å². The van der Waals surface area contributed by atoms with Gasteiger partial charge in [0.15, 0.2) is 20.0 Å². The Morgan fingerprint density at radius 2 is 1.75 bits per heavy atom. The number of thiazole rings is 1. The summed E-state index contributed by atoms with van der Waals surface area (Å²) in [6.45, 7) is 0. The quantitative estimate of drug-likeness (QED) is 0.545. The molecule has 2 N–H and O–H groups in total. The SMILES string of the molecule is O=S1(=O)CCCC(Nc2nc(S(=O)(=O)NC3(c4ccccc4)CC3)cs2)c2ccccc21. The maximum Gasteiger partial charge on any atom is 0.259 e. The molecular formula is C22H23N3O4S3. The smallest absolute Gasteiger partial charge is 0.259 e. The first-order valence-corrected chi connectivity index (χ1v) is 14.4. The third-order valence-electron chi connectivity index (χ3n) is 6.00. The highest BCUT2D eigenvalue weighted by molar-refractivity contribution is 7.91. The zero-order valence-corrected chi connectivity index (χ0v) is 19.6. The van der Waals surface area contributed by atoms with E-state index in [0.29, 0.717) is 28.4 Å². The number of hydrogen-bond donors (Lipinski definition) is 2. The average Bonchev–Trinajstić information content (AvgIpc) is 3.41. The maximum atomic E-state index is 13.0. The predicted molar refractivity (Wildman–Crippen MR) is 124 cm³/mol. The van der Waals surface area contributed by atoms with Crippen molar-refractivity contribution < 1.29 is 16.8 Å². The molecule has 1 aromatic heterocycles. The Kier molecular flexibility index (Phi) is 5.36. The number of anilines is 1. The maximum absolute atomic E-state index is 13.0. The van der Waals surface area contributed by atoms with Crippen molar-refractivity contribution in [3.8, 4) is 0 Å². The Hall–Kier alpha value is -2.27. The van der Waals surface area contributed by atoms with Crippen molar-refractivity contribution in [1.29, 1.82) is 0 Å². The molecule has 1 aliphatic carbocycles. The number of fused-ring (bicyclic) bond motifs is 1. The Labute approximate surface area is 191 Å². The average molecular weight is 490 g/mol. The topological polar surface area (TPSA) is 105 Å². The number of hydrogen-bond acceptors (Lipinski definition) is 7. The minimum atomic E-state index is -3.80. The van der Waals surface area contributed by atoms with Crippen molar-refractivity contribution in [2.45, 2.75) is 47.2 Å². The monoisotopic (exact) mass is 489 g/mol. The lowest BCUT2D eigenvalue weighted by Crippen LogP contribution is -2.35. The van der Waals surface area contributed by atoms with E-state index in [-0.39, 0.29) is 16.8 Å². The van der Waals surface area contributed by atoms with Crippen molar-refractivity contribution >= 4 is 36.3 Å². The van der Waals surface area contributed by atoms with E-state index in [9.17, 15) is 16.8 Å². The summed E-state index contributed by atoms with van der Waals surface area (Å²) in [5, 5.41) is 5.21. The van der Waals surface area contributed by atoms with Gasteiger partial charge in [-0.3, -0.25) is 0 Å². The summed E-state index contributed by atoms with van der Waals surface area (Å²) < 4.78 is 54.0. The van der Waals surface area contributed by atoms with Crippen LogP contribution in [0.2, 0.25) is 0 Å². The van der Waals surface area contributed by atoms with Crippen LogP contribution in [0.4, 0.5) is 5.13 Å². The van der Waals surface area contributed by atoms with Crippen LogP contribution >= 0.6 is 11.3 Å². The van der Waals surface area contributed by atoms with E-state index in [0.717, 1.165) is 18.4 Å². The molecule has 10 heteroatoms. The van der Waals surface area contributed by atoms with E-state index < -0.39 is 25.4 Å². The molecule has 7 nitrogen and oxygen atoms in total. The molecule has 2 heterocycles. The number of sulfone groups is 1. The first-order valence-electron chi connectivity index (χ1n) is 10.4. The van der Waals surface area contributed by atoms with Crippen LogP contribution in [0.25, 0.3) is 0 Å². The van der Waals surface area contributed by atoms with E-state index >= 15 is 0 Å². The van der Waals surface area contributed by atoms with Gasteiger partial charge in [0.25, 0.3) is 10.0 Å². The lowest BCUT2D eigenvalue weighted by atomic mass is 10.0. The number of sulfonamides is 1. The van der Waals surface area contributed by atoms with E-state index in [1.807, 2.05) is 36.4 Å². The molecule has 0 amide bonds. The number of nitrogens with one attached hydrogen (secondary N) is 2. The molecule has 5 rings (SSSR count). The molecular weight excluding hydrogens is 466 g/mol. The minimum Gasteiger partial charge on any atom is -0.355 e. The molecule has 0 saturated heterocycles. The van der Waals surface area contributed by atoms with Crippen LogP contribution < -0.4 is 10.0 Å². The molecule has 1 atom stereocenters. The highest BCUT2D eigenvalue weighted by Gasteiger charge is 2.48. The van der Waals surface area contributed by atoms with Crippen molar-refractivity contribution in [1.82, 2.24) is 9.71 Å². The third kappa shape index (κ3) is 4.07. The summed E-state index contributed by atoms with van der Waals surface area (Å²) in [5.41, 5.74) is 1.09. The molecule has 1 fully saturated rings. The number of rotatable bonds is 6. The summed E-state index contributed by atoms with van der Waals surface area (Å²) in [6, 6.07) is 16.3. The van der Waals surface area contributed by atoms with Gasteiger partial charge in [0.05, 0.1) is 22.2 Å². The summed E-state index contributed by atoms with van der Waals surface area (Å²) in [4.78, 5) is 4.66. The lowest BCUT2D eigenvalue weighted by Gasteiger charge is -2.18. The highest BCUT2D eigenvalue weighted by atomic mass is 32.2. The molecule has 168 valence electrons. The van der Waals surface area contributed by atoms with Crippen LogP contribution in [-0.4, -0.2) is 27.6 Å².